The monoisotopic (exact) mass is 148 g/mol. The quantitative estimate of drug-likeness (QED) is 0.415. The van der Waals surface area contributed by atoms with Gasteiger partial charge < -0.3 is 4.12 Å². The largest absolute Gasteiger partial charge is 0.463 e. The lowest BCUT2D eigenvalue weighted by Crippen LogP contribution is -2.31. The summed E-state index contributed by atoms with van der Waals surface area (Å²) in [6, 6.07) is 0. The van der Waals surface area contributed by atoms with Gasteiger partial charge in [-0.05, 0) is 18.8 Å². The summed E-state index contributed by atoms with van der Waals surface area (Å²) in [4.78, 5) is 0. The molecule has 0 aliphatic carbocycles. The first kappa shape index (κ1) is 5.74. The lowest BCUT2D eigenvalue weighted by atomic mass is 11.9. The molecule has 0 bridgehead atoms. The second-order valence-electron chi connectivity index (χ2n) is 2.71. The average Bonchev–Trinajstić information content (AvgIpc) is 1.84. The van der Waals surface area contributed by atoms with Crippen LogP contribution >= 0.6 is 0 Å². The van der Waals surface area contributed by atoms with Crippen LogP contribution in [-0.4, -0.2) is 26.6 Å². The summed E-state index contributed by atoms with van der Waals surface area (Å²) in [5.41, 5.74) is 1.58. The molecule has 1 rings (SSSR count). The molecule has 0 aromatic rings. The first-order chi connectivity index (χ1) is 3.21. The van der Waals surface area contributed by atoms with Gasteiger partial charge >= 0.3 is 0 Å². The zero-order valence-corrected chi connectivity index (χ0v) is 8.86. The van der Waals surface area contributed by atoms with E-state index in [1.807, 2.05) is 0 Å². The second-order valence-corrected chi connectivity index (χ2v) is 17.7. The first-order valence-electron chi connectivity index (χ1n) is 2.85. The van der Waals surface area contributed by atoms with Gasteiger partial charge in [0.1, 0.15) is 9.76 Å². The van der Waals surface area contributed by atoms with Crippen molar-refractivity contribution in [1.29, 1.82) is 0 Å². The smallest absolute Gasteiger partial charge is 0.152 e. The van der Waals surface area contributed by atoms with E-state index in [1.165, 1.54) is 0 Å². The molecule has 1 aliphatic rings. The third-order valence-corrected chi connectivity index (χ3v) is 17.8. The van der Waals surface area contributed by atoms with E-state index in [2.05, 4.69) is 13.1 Å². The molecular weight excluding hydrogens is 136 g/mol. The molecule has 0 unspecified atom stereocenters. The number of rotatable bonds is 0. The van der Waals surface area contributed by atoms with Crippen LogP contribution in [0, 0.1) is 0 Å². The van der Waals surface area contributed by atoms with Gasteiger partial charge in [0.25, 0.3) is 0 Å². The van der Waals surface area contributed by atoms with Crippen LogP contribution in [0.3, 0.4) is 0 Å². The number of hydrogen-bond donors (Lipinski definition) is 0. The molecule has 7 heavy (non-hydrogen) atoms. The van der Waals surface area contributed by atoms with Gasteiger partial charge in [0, 0.05) is 9.04 Å². The van der Waals surface area contributed by atoms with Crippen molar-refractivity contribution in [1.82, 2.24) is 0 Å². The summed E-state index contributed by atoms with van der Waals surface area (Å²) in [7, 11) is -0.427. The topological polar surface area (TPSA) is 9.23 Å². The molecule has 4 heteroatoms. The van der Waals surface area contributed by atoms with Crippen LogP contribution in [-0.2, 0) is 4.12 Å². The van der Waals surface area contributed by atoms with Crippen molar-refractivity contribution in [3.05, 3.63) is 0 Å². The predicted molar refractivity (Wildman–Crippen MR) is 40.5 cm³/mol. The molecule has 1 heterocycles. The normalized spacial score (nSPS) is 35.1. The third kappa shape index (κ3) is 1.52. The molecule has 1 aliphatic heterocycles. The van der Waals surface area contributed by atoms with Gasteiger partial charge in [0.2, 0.25) is 0 Å². The van der Waals surface area contributed by atoms with Crippen molar-refractivity contribution < 1.29 is 4.12 Å². The molecule has 0 saturated carbocycles. The van der Waals surface area contributed by atoms with E-state index in [4.69, 9.17) is 4.12 Å². The van der Waals surface area contributed by atoms with E-state index in [0.717, 1.165) is 0 Å². The highest BCUT2D eigenvalue weighted by molar-refractivity contribution is 7.25. The van der Waals surface area contributed by atoms with Gasteiger partial charge in [-0.25, -0.2) is 0 Å². The van der Waals surface area contributed by atoms with Crippen LogP contribution < -0.4 is 0 Å². The Morgan fingerprint density at radius 1 is 1.57 bits per heavy atom. The van der Waals surface area contributed by atoms with E-state index in [0.29, 0.717) is 9.04 Å². The van der Waals surface area contributed by atoms with Crippen LogP contribution in [0.2, 0.25) is 18.8 Å². The van der Waals surface area contributed by atoms with Crippen LogP contribution in [0.15, 0.2) is 0 Å². The highest BCUT2D eigenvalue weighted by Gasteiger charge is 2.26. The van der Waals surface area contributed by atoms with Crippen molar-refractivity contribution >= 4 is 26.6 Å². The van der Waals surface area contributed by atoms with Gasteiger partial charge in [0.15, 0.2) is 7.83 Å². The minimum absolute atomic E-state index is 0.0625. The van der Waals surface area contributed by atoms with Crippen LogP contribution in [0.25, 0.3) is 0 Å². The first-order valence-corrected chi connectivity index (χ1v) is 10.7. The number of hydrogen-bond acceptors (Lipinski definition) is 1. The van der Waals surface area contributed by atoms with Gasteiger partial charge in [-0.3, -0.25) is 0 Å². The Balaban J connectivity index is 2.40. The summed E-state index contributed by atoms with van der Waals surface area (Å²) < 4.78 is 5.68. The van der Waals surface area contributed by atoms with Gasteiger partial charge in [0.05, 0.1) is 0 Å². The van der Waals surface area contributed by atoms with Crippen molar-refractivity contribution in [2.75, 3.05) is 0 Å². The average molecular weight is 148 g/mol. The fourth-order valence-electron chi connectivity index (χ4n) is 0.919. The van der Waals surface area contributed by atoms with Gasteiger partial charge in [-0.2, -0.15) is 0 Å². The molecular formula is C3H12OSi3. The SMILES string of the molecule is C[Si]1(C)O[SiH2]C[SiH2]1. The molecule has 0 atom stereocenters. The van der Waals surface area contributed by atoms with Crippen LogP contribution in [0.4, 0.5) is 0 Å². The lowest BCUT2D eigenvalue weighted by molar-refractivity contribution is 0.626. The highest BCUT2D eigenvalue weighted by Crippen LogP contribution is 2.09. The zero-order valence-electron chi connectivity index (χ0n) is 5.03. The predicted octanol–water partition coefficient (Wildman–Crippen LogP) is -0.653. The fourth-order valence-corrected chi connectivity index (χ4v) is 21.1. The van der Waals surface area contributed by atoms with E-state index < -0.39 is 7.83 Å². The van der Waals surface area contributed by atoms with E-state index in [1.54, 1.807) is 5.67 Å². The summed E-state index contributed by atoms with van der Waals surface area (Å²) in [5.74, 6) is 0. The Hall–Kier alpha value is 0.611. The maximum Gasteiger partial charge on any atom is 0.152 e. The van der Waals surface area contributed by atoms with Crippen molar-refractivity contribution in [3.63, 3.8) is 0 Å². The fraction of sp³-hybridized carbons (Fsp3) is 1.00. The van der Waals surface area contributed by atoms with Crippen molar-refractivity contribution in [2.24, 2.45) is 0 Å². The summed E-state index contributed by atoms with van der Waals surface area (Å²) in [6.07, 6.45) is 0. The molecule has 1 fully saturated rings. The lowest BCUT2D eigenvalue weighted by Gasteiger charge is -2.11. The van der Waals surface area contributed by atoms with Gasteiger partial charge in [-0.15, -0.1) is 0 Å². The Kier molecular flexibility index (Phi) is 1.52. The Morgan fingerprint density at radius 2 is 2.29 bits per heavy atom. The van der Waals surface area contributed by atoms with Crippen LogP contribution in [0.1, 0.15) is 0 Å². The Labute approximate surface area is 50.1 Å². The Morgan fingerprint density at radius 3 is 2.43 bits per heavy atom. The van der Waals surface area contributed by atoms with E-state index in [-0.39, 0.29) is 9.76 Å². The summed E-state index contributed by atoms with van der Waals surface area (Å²) in [5, 5.41) is 0. The molecule has 0 N–H and O–H groups in total. The minimum atomic E-state index is -0.840. The van der Waals surface area contributed by atoms with E-state index >= 15 is 0 Å². The second kappa shape index (κ2) is 1.85. The van der Waals surface area contributed by atoms with Crippen molar-refractivity contribution in [2.45, 2.75) is 18.8 Å². The van der Waals surface area contributed by atoms with E-state index in [9.17, 15) is 0 Å². The van der Waals surface area contributed by atoms with Crippen molar-refractivity contribution in [3.8, 4) is 0 Å². The minimum Gasteiger partial charge on any atom is -0.463 e. The molecule has 0 aromatic carbocycles. The van der Waals surface area contributed by atoms with Gasteiger partial charge in [-0.1, -0.05) is 0 Å². The molecule has 42 valence electrons. The molecule has 1 nitrogen and oxygen atoms in total. The molecule has 0 amide bonds. The maximum absolute atomic E-state index is 5.68. The van der Waals surface area contributed by atoms with Crippen LogP contribution in [0.5, 0.6) is 0 Å². The summed E-state index contributed by atoms with van der Waals surface area (Å²) in [6.45, 7) is 4.75. The highest BCUT2D eigenvalue weighted by atomic mass is 29.2. The molecule has 0 aromatic heterocycles. The molecule has 1 saturated heterocycles. The maximum atomic E-state index is 5.68. The zero-order chi connectivity index (χ0) is 5.33. The summed E-state index contributed by atoms with van der Waals surface area (Å²) >= 11 is 0. The Bertz CT molecular complexity index is 64.6. The third-order valence-electron chi connectivity index (χ3n) is 1.42. The molecule has 0 spiro atoms. The molecule has 0 radical (unpaired) electrons. The standard InChI is InChI=1S/C3H12OSi3/c1-7(2)4-5-3-6-7/h3,5-6H2,1-2H3.